The number of nitrogens with one attached hydrogen (secondary N) is 1. The Labute approximate surface area is 135 Å². The number of carbonyl (C=O) groups excluding carboxylic acids is 1. The summed E-state index contributed by atoms with van der Waals surface area (Å²) < 4.78 is 0. The van der Waals surface area contributed by atoms with Crippen LogP contribution in [-0.4, -0.2) is 52.2 Å². The third-order valence-corrected chi connectivity index (χ3v) is 2.89. The lowest BCUT2D eigenvalue weighted by molar-refractivity contribution is -0.142. The molecular formula is C10H22N2O5S3. The Balaban J connectivity index is -0.00000144. The zero-order chi connectivity index (χ0) is 14.1. The van der Waals surface area contributed by atoms with Crippen molar-refractivity contribution in [2.45, 2.75) is 31.3 Å². The number of carboxylic acids is 2. The van der Waals surface area contributed by atoms with Crippen LogP contribution in [0.1, 0.15) is 19.3 Å². The van der Waals surface area contributed by atoms with Crippen LogP contribution in [0, 0.1) is 0 Å². The Kier molecular flexibility index (Phi) is 16.4. The fraction of sp³-hybridized carbons (Fsp3) is 0.700. The lowest BCUT2D eigenvalue weighted by Gasteiger charge is -2.14. The first-order chi connectivity index (χ1) is 8.38. The zero-order valence-electron chi connectivity index (χ0n) is 11.1. The molecule has 0 aliphatic heterocycles. The van der Waals surface area contributed by atoms with Gasteiger partial charge in [0.25, 0.3) is 0 Å². The molecule has 0 heterocycles. The van der Waals surface area contributed by atoms with Crippen LogP contribution in [0.2, 0.25) is 0 Å². The maximum atomic E-state index is 11.4. The number of nitrogens with two attached hydrogens (primary N) is 1. The van der Waals surface area contributed by atoms with E-state index in [9.17, 15) is 14.4 Å². The summed E-state index contributed by atoms with van der Waals surface area (Å²) in [6.07, 6.45) is 2.05. The predicted molar refractivity (Wildman–Crippen MR) is 88.2 cm³/mol. The Morgan fingerprint density at radius 1 is 1.15 bits per heavy atom. The molecular weight excluding hydrogens is 324 g/mol. The zero-order valence-corrected chi connectivity index (χ0v) is 13.9. The monoisotopic (exact) mass is 346 g/mol. The van der Waals surface area contributed by atoms with Crippen LogP contribution >= 0.6 is 38.8 Å². The maximum absolute atomic E-state index is 11.4. The standard InChI is InChI=1S/C10H18N2O5S.2H2S/c1-18-5-4-7(10(16)17)12-8(13)3-2-6(11)9(14)15;;/h6-7H,2-5,11H2,1H3,(H,12,13)(H,14,15)(H,16,17);2*1H2/t6-,7-;;/m0../s1. The van der Waals surface area contributed by atoms with Crippen molar-refractivity contribution in [3.8, 4) is 0 Å². The van der Waals surface area contributed by atoms with Gasteiger partial charge in [-0.3, -0.25) is 9.59 Å². The van der Waals surface area contributed by atoms with E-state index < -0.39 is 29.9 Å². The van der Waals surface area contributed by atoms with Crippen molar-refractivity contribution in [1.82, 2.24) is 5.32 Å². The van der Waals surface area contributed by atoms with Crippen LogP contribution in [0.3, 0.4) is 0 Å². The van der Waals surface area contributed by atoms with Gasteiger partial charge in [-0.25, -0.2) is 4.79 Å². The van der Waals surface area contributed by atoms with Gasteiger partial charge in [-0.2, -0.15) is 38.8 Å². The van der Waals surface area contributed by atoms with E-state index in [-0.39, 0.29) is 39.8 Å². The fourth-order valence-corrected chi connectivity index (χ4v) is 1.64. The molecule has 0 saturated heterocycles. The van der Waals surface area contributed by atoms with E-state index in [1.807, 2.05) is 6.26 Å². The van der Waals surface area contributed by atoms with E-state index in [4.69, 9.17) is 15.9 Å². The second-order valence-electron chi connectivity index (χ2n) is 3.72. The van der Waals surface area contributed by atoms with Crippen molar-refractivity contribution < 1.29 is 24.6 Å². The van der Waals surface area contributed by atoms with E-state index in [1.165, 1.54) is 11.8 Å². The van der Waals surface area contributed by atoms with Crippen molar-refractivity contribution in [2.24, 2.45) is 5.73 Å². The summed E-state index contributed by atoms with van der Waals surface area (Å²) in [6, 6.07) is -2.05. The minimum absolute atomic E-state index is 0. The highest BCUT2D eigenvalue weighted by Gasteiger charge is 2.20. The number of amides is 1. The molecule has 10 heteroatoms. The number of thioether (sulfide) groups is 1. The Bertz CT molecular complexity index is 317. The molecule has 0 aromatic rings. The third-order valence-electron chi connectivity index (χ3n) is 2.24. The first-order valence-electron chi connectivity index (χ1n) is 5.38. The van der Waals surface area contributed by atoms with Crippen LogP contribution in [0.4, 0.5) is 0 Å². The molecule has 0 bridgehead atoms. The van der Waals surface area contributed by atoms with Crippen LogP contribution in [0.15, 0.2) is 0 Å². The lowest BCUT2D eigenvalue weighted by Crippen LogP contribution is -2.42. The van der Waals surface area contributed by atoms with E-state index >= 15 is 0 Å². The smallest absolute Gasteiger partial charge is 0.326 e. The molecule has 120 valence electrons. The van der Waals surface area contributed by atoms with Gasteiger partial charge < -0.3 is 21.3 Å². The van der Waals surface area contributed by atoms with E-state index in [1.54, 1.807) is 0 Å². The molecule has 0 saturated carbocycles. The number of hydrogen-bond donors (Lipinski definition) is 4. The van der Waals surface area contributed by atoms with Crippen LogP contribution < -0.4 is 11.1 Å². The molecule has 1 amide bonds. The average Bonchev–Trinajstić information content (AvgIpc) is 2.30. The van der Waals surface area contributed by atoms with Crippen molar-refractivity contribution in [1.29, 1.82) is 0 Å². The largest absolute Gasteiger partial charge is 0.480 e. The molecule has 0 unspecified atom stereocenters. The molecule has 2 atom stereocenters. The van der Waals surface area contributed by atoms with Crippen LogP contribution in [0.25, 0.3) is 0 Å². The highest BCUT2D eigenvalue weighted by Crippen LogP contribution is 2.02. The van der Waals surface area contributed by atoms with E-state index in [2.05, 4.69) is 5.32 Å². The maximum Gasteiger partial charge on any atom is 0.326 e. The Morgan fingerprint density at radius 2 is 1.70 bits per heavy atom. The average molecular weight is 346 g/mol. The van der Waals surface area contributed by atoms with Crippen molar-refractivity contribution >= 4 is 56.6 Å². The summed E-state index contributed by atoms with van der Waals surface area (Å²) in [5.41, 5.74) is 5.24. The van der Waals surface area contributed by atoms with Crippen LogP contribution in [0.5, 0.6) is 0 Å². The van der Waals surface area contributed by atoms with Gasteiger partial charge in [0.05, 0.1) is 0 Å². The SMILES string of the molecule is CSCC[C@H](NC(=O)CC[C@H](N)C(=O)O)C(=O)O.S.S. The van der Waals surface area contributed by atoms with E-state index in [0.29, 0.717) is 12.2 Å². The molecule has 0 aromatic carbocycles. The molecule has 0 aliphatic rings. The number of hydrogen-bond acceptors (Lipinski definition) is 5. The minimum atomic E-state index is -1.18. The Hall–Kier alpha value is -0.580. The summed E-state index contributed by atoms with van der Waals surface area (Å²) in [5.74, 6) is -2.16. The quantitative estimate of drug-likeness (QED) is 0.452. The topological polar surface area (TPSA) is 130 Å². The van der Waals surface area contributed by atoms with Crippen molar-refractivity contribution in [3.63, 3.8) is 0 Å². The van der Waals surface area contributed by atoms with Gasteiger partial charge in [-0.05, 0) is 24.9 Å². The Morgan fingerprint density at radius 3 is 2.10 bits per heavy atom. The van der Waals surface area contributed by atoms with E-state index in [0.717, 1.165) is 0 Å². The van der Waals surface area contributed by atoms with Crippen molar-refractivity contribution in [2.75, 3.05) is 12.0 Å². The summed E-state index contributed by atoms with van der Waals surface area (Å²) in [5, 5.41) is 19.7. The summed E-state index contributed by atoms with van der Waals surface area (Å²) in [6.45, 7) is 0. The molecule has 0 fully saturated rings. The van der Waals surface area contributed by atoms with Gasteiger partial charge in [0, 0.05) is 6.42 Å². The molecule has 0 rings (SSSR count). The van der Waals surface area contributed by atoms with Crippen molar-refractivity contribution in [3.05, 3.63) is 0 Å². The number of carboxylic acid groups (broad SMARTS) is 2. The molecule has 0 aromatic heterocycles. The van der Waals surface area contributed by atoms with Gasteiger partial charge >= 0.3 is 11.9 Å². The number of rotatable bonds is 9. The second-order valence-corrected chi connectivity index (χ2v) is 4.71. The molecule has 0 aliphatic carbocycles. The molecule has 20 heavy (non-hydrogen) atoms. The fourth-order valence-electron chi connectivity index (χ4n) is 1.17. The number of carbonyl (C=O) groups is 3. The normalized spacial score (nSPS) is 12.3. The molecule has 0 spiro atoms. The lowest BCUT2D eigenvalue weighted by atomic mass is 10.1. The summed E-state index contributed by atoms with van der Waals surface area (Å²) >= 11 is 1.48. The summed E-state index contributed by atoms with van der Waals surface area (Å²) in [4.78, 5) is 32.7. The highest BCUT2D eigenvalue weighted by atomic mass is 32.2. The number of aliphatic carboxylic acids is 2. The molecule has 0 radical (unpaired) electrons. The first kappa shape index (κ1) is 24.4. The second kappa shape index (κ2) is 13.4. The third kappa shape index (κ3) is 11.3. The predicted octanol–water partition coefficient (Wildman–Crippen LogP) is -0.273. The summed E-state index contributed by atoms with van der Waals surface area (Å²) in [7, 11) is 0. The van der Waals surface area contributed by atoms with Gasteiger partial charge in [0.2, 0.25) is 5.91 Å². The van der Waals surface area contributed by atoms with Gasteiger partial charge in [-0.15, -0.1) is 0 Å². The molecule has 7 nitrogen and oxygen atoms in total. The highest BCUT2D eigenvalue weighted by molar-refractivity contribution is 7.98. The molecule has 5 N–H and O–H groups in total. The first-order valence-corrected chi connectivity index (χ1v) is 6.77. The minimum Gasteiger partial charge on any atom is -0.480 e. The van der Waals surface area contributed by atoms with Crippen LogP contribution in [-0.2, 0) is 14.4 Å². The van der Waals surface area contributed by atoms with Gasteiger partial charge in [-0.1, -0.05) is 0 Å². The van der Waals surface area contributed by atoms with Gasteiger partial charge in [0.1, 0.15) is 12.1 Å². The van der Waals surface area contributed by atoms with Gasteiger partial charge in [0.15, 0.2) is 0 Å².